The molecule has 0 bridgehead atoms. The number of hydrogen-bond donors (Lipinski definition) is 0. The number of likely N-dealkylation sites (N-methyl/N-ethyl adjacent to an activating group) is 1. The number of carbonyl (C=O) groups excluding carboxylic acids is 2. The molecule has 1 saturated carbocycles. The van der Waals surface area contributed by atoms with Crippen molar-refractivity contribution in [3.63, 3.8) is 0 Å². The number of amides is 2. The van der Waals surface area contributed by atoms with Crippen molar-refractivity contribution in [2.75, 3.05) is 46.3 Å². The van der Waals surface area contributed by atoms with Crippen LogP contribution in [0, 0.1) is 11.8 Å². The van der Waals surface area contributed by atoms with Gasteiger partial charge < -0.3 is 19.1 Å². The summed E-state index contributed by atoms with van der Waals surface area (Å²) >= 11 is 0. The lowest BCUT2D eigenvalue weighted by atomic mass is 9.94. The van der Waals surface area contributed by atoms with Crippen molar-refractivity contribution in [3.05, 3.63) is 23.7 Å². The minimum absolute atomic E-state index is 0.0839. The van der Waals surface area contributed by atoms with Crippen LogP contribution in [0.5, 0.6) is 0 Å². The number of piperazine rings is 1. The van der Waals surface area contributed by atoms with E-state index in [0.717, 1.165) is 56.5 Å². The van der Waals surface area contributed by atoms with E-state index >= 15 is 0 Å². The lowest BCUT2D eigenvalue weighted by Gasteiger charge is -2.37. The molecular weight excluding hydrogens is 354 g/mol. The first-order valence-corrected chi connectivity index (χ1v) is 10.8. The van der Waals surface area contributed by atoms with E-state index in [1.165, 1.54) is 6.42 Å². The number of aryl methyl sites for hydroxylation is 1. The number of carbonyl (C=O) groups is 2. The highest BCUT2D eigenvalue weighted by atomic mass is 16.3. The Morgan fingerprint density at radius 2 is 1.71 bits per heavy atom. The lowest BCUT2D eigenvalue weighted by molar-refractivity contribution is -0.141. The second-order valence-electron chi connectivity index (χ2n) is 8.91. The molecule has 4 rings (SSSR count). The molecule has 6 heteroatoms. The number of hydrogen-bond acceptors (Lipinski definition) is 4. The fourth-order valence-electron chi connectivity index (χ4n) is 4.50. The number of likely N-dealkylation sites (tertiary alicyclic amines) is 1. The van der Waals surface area contributed by atoms with Gasteiger partial charge in [-0.3, -0.25) is 9.59 Å². The van der Waals surface area contributed by atoms with Crippen LogP contribution >= 0.6 is 0 Å². The van der Waals surface area contributed by atoms with Gasteiger partial charge in [0.25, 0.3) is 0 Å². The van der Waals surface area contributed by atoms with Gasteiger partial charge in [0.15, 0.2) is 0 Å². The predicted octanol–water partition coefficient (Wildman–Crippen LogP) is 2.35. The van der Waals surface area contributed by atoms with E-state index in [4.69, 9.17) is 4.42 Å². The van der Waals surface area contributed by atoms with Crippen molar-refractivity contribution >= 4 is 11.8 Å². The molecule has 2 aliphatic heterocycles. The van der Waals surface area contributed by atoms with Gasteiger partial charge in [-0.1, -0.05) is 6.92 Å². The predicted molar refractivity (Wildman–Crippen MR) is 107 cm³/mol. The maximum absolute atomic E-state index is 12.7. The van der Waals surface area contributed by atoms with Gasteiger partial charge in [-0.25, -0.2) is 0 Å². The van der Waals surface area contributed by atoms with Crippen LogP contribution in [0.25, 0.3) is 0 Å². The molecule has 1 aromatic heterocycles. The molecular formula is C22H33N3O3. The molecule has 1 aliphatic carbocycles. The van der Waals surface area contributed by atoms with Crippen LogP contribution in [0.15, 0.2) is 16.5 Å². The Balaban J connectivity index is 1.19. The van der Waals surface area contributed by atoms with Crippen molar-refractivity contribution in [1.82, 2.24) is 14.7 Å². The highest BCUT2D eigenvalue weighted by Crippen LogP contribution is 2.47. The summed E-state index contributed by atoms with van der Waals surface area (Å²) < 4.78 is 5.91. The fourth-order valence-corrected chi connectivity index (χ4v) is 4.50. The van der Waals surface area contributed by atoms with Gasteiger partial charge in [0, 0.05) is 63.9 Å². The first-order valence-electron chi connectivity index (χ1n) is 10.8. The Morgan fingerprint density at radius 1 is 1.04 bits per heavy atom. The topological polar surface area (TPSA) is 57.0 Å². The van der Waals surface area contributed by atoms with Gasteiger partial charge in [0.2, 0.25) is 11.8 Å². The van der Waals surface area contributed by atoms with Crippen LogP contribution in [0.4, 0.5) is 0 Å². The van der Waals surface area contributed by atoms with Gasteiger partial charge in [-0.05, 0) is 44.4 Å². The van der Waals surface area contributed by atoms with Crippen molar-refractivity contribution < 1.29 is 14.0 Å². The minimum Gasteiger partial charge on any atom is -0.466 e. The summed E-state index contributed by atoms with van der Waals surface area (Å²) in [7, 11) is 2.10. The van der Waals surface area contributed by atoms with Crippen LogP contribution in [0.1, 0.15) is 50.0 Å². The Labute approximate surface area is 167 Å². The summed E-state index contributed by atoms with van der Waals surface area (Å²) in [5.41, 5.74) is 0. The van der Waals surface area contributed by atoms with Crippen LogP contribution in [0.3, 0.4) is 0 Å². The Morgan fingerprint density at radius 3 is 2.36 bits per heavy atom. The molecule has 3 heterocycles. The largest absolute Gasteiger partial charge is 0.466 e. The van der Waals surface area contributed by atoms with E-state index in [1.54, 1.807) is 0 Å². The van der Waals surface area contributed by atoms with Crippen molar-refractivity contribution in [3.8, 4) is 0 Å². The molecule has 2 amide bonds. The Bertz CT molecular complexity index is 700. The molecule has 0 spiro atoms. The third kappa shape index (κ3) is 4.43. The smallest absolute Gasteiger partial charge is 0.225 e. The zero-order chi connectivity index (χ0) is 19.7. The highest BCUT2D eigenvalue weighted by molar-refractivity contribution is 5.80. The monoisotopic (exact) mass is 387 g/mol. The molecule has 3 fully saturated rings. The van der Waals surface area contributed by atoms with Crippen molar-refractivity contribution in [1.29, 1.82) is 0 Å². The lowest BCUT2D eigenvalue weighted by Crippen LogP contribution is -2.51. The SMILES string of the molecule is CC1CC1c1ccc(CCC(=O)N2CCC(C(=O)N3CCN(C)CC3)CC2)o1. The molecule has 154 valence electrons. The van der Waals surface area contributed by atoms with E-state index in [-0.39, 0.29) is 17.7 Å². The molecule has 0 N–H and O–H groups in total. The number of furan rings is 1. The average Bonchev–Trinajstić information content (AvgIpc) is 3.26. The van der Waals surface area contributed by atoms with Gasteiger partial charge in [-0.15, -0.1) is 0 Å². The zero-order valence-electron chi connectivity index (χ0n) is 17.2. The molecule has 2 atom stereocenters. The first kappa shape index (κ1) is 19.5. The molecule has 6 nitrogen and oxygen atoms in total. The highest BCUT2D eigenvalue weighted by Gasteiger charge is 2.36. The minimum atomic E-state index is 0.0839. The second kappa shape index (κ2) is 8.27. The van der Waals surface area contributed by atoms with Crippen LogP contribution in [0.2, 0.25) is 0 Å². The number of piperidine rings is 1. The van der Waals surface area contributed by atoms with E-state index in [1.807, 2.05) is 15.9 Å². The first-order chi connectivity index (χ1) is 13.5. The van der Waals surface area contributed by atoms with E-state index in [0.29, 0.717) is 31.8 Å². The summed E-state index contributed by atoms with van der Waals surface area (Å²) in [6, 6.07) is 4.10. The van der Waals surface area contributed by atoms with E-state index < -0.39 is 0 Å². The van der Waals surface area contributed by atoms with Crippen LogP contribution in [-0.2, 0) is 16.0 Å². The fraction of sp³-hybridized carbons (Fsp3) is 0.727. The molecule has 0 radical (unpaired) electrons. The summed E-state index contributed by atoms with van der Waals surface area (Å²) in [6.45, 7) is 7.22. The van der Waals surface area contributed by atoms with Crippen molar-refractivity contribution in [2.45, 2.75) is 44.9 Å². The second-order valence-corrected chi connectivity index (χ2v) is 8.91. The Hall–Kier alpha value is -1.82. The van der Waals surface area contributed by atoms with Gasteiger partial charge >= 0.3 is 0 Å². The molecule has 2 saturated heterocycles. The molecule has 0 aromatic carbocycles. The quantitative estimate of drug-likeness (QED) is 0.778. The number of rotatable bonds is 5. The maximum Gasteiger partial charge on any atom is 0.225 e. The Kier molecular flexibility index (Phi) is 5.76. The van der Waals surface area contributed by atoms with Gasteiger partial charge in [0.05, 0.1) is 0 Å². The van der Waals surface area contributed by atoms with Crippen molar-refractivity contribution in [2.24, 2.45) is 11.8 Å². The third-order valence-electron chi connectivity index (χ3n) is 6.75. The maximum atomic E-state index is 12.7. The van der Waals surface area contributed by atoms with E-state index in [9.17, 15) is 9.59 Å². The van der Waals surface area contributed by atoms with Gasteiger partial charge in [-0.2, -0.15) is 0 Å². The molecule has 2 unspecified atom stereocenters. The zero-order valence-corrected chi connectivity index (χ0v) is 17.2. The summed E-state index contributed by atoms with van der Waals surface area (Å²) in [5, 5.41) is 0. The summed E-state index contributed by atoms with van der Waals surface area (Å²) in [4.78, 5) is 31.5. The molecule has 28 heavy (non-hydrogen) atoms. The standard InChI is InChI=1S/C22H33N3O3/c1-16-15-19(16)20-5-3-18(28-20)4-6-21(26)24-9-7-17(8-10-24)22(27)25-13-11-23(2)12-14-25/h3,5,16-17,19H,4,6-15H2,1-2H3. The molecule has 3 aliphatic rings. The van der Waals surface area contributed by atoms with Gasteiger partial charge in [0.1, 0.15) is 11.5 Å². The van der Waals surface area contributed by atoms with E-state index in [2.05, 4.69) is 24.9 Å². The number of nitrogens with zero attached hydrogens (tertiary/aromatic N) is 3. The average molecular weight is 388 g/mol. The molecule has 1 aromatic rings. The van der Waals surface area contributed by atoms with Crippen LogP contribution in [-0.4, -0.2) is 72.8 Å². The summed E-state index contributed by atoms with van der Waals surface area (Å²) in [5.74, 6) is 3.87. The normalized spacial score (nSPS) is 26.5. The summed E-state index contributed by atoms with van der Waals surface area (Å²) in [6.07, 6.45) is 3.96. The third-order valence-corrected chi connectivity index (χ3v) is 6.75. The van der Waals surface area contributed by atoms with Crippen LogP contribution < -0.4 is 0 Å².